The van der Waals surface area contributed by atoms with Crippen molar-refractivity contribution in [3.63, 3.8) is 0 Å². The number of carboxylic acid groups (broad SMARTS) is 4. The first-order valence-corrected chi connectivity index (χ1v) is 34.5. The first-order valence-electron chi connectivity index (χ1n) is 34.5. The van der Waals surface area contributed by atoms with Crippen LogP contribution in [0, 0.1) is 0 Å². The average molecular weight is 1170 g/mol. The van der Waals surface area contributed by atoms with Crippen LogP contribution in [0.4, 0.5) is 0 Å². The molecule has 0 aromatic heterocycles. The highest BCUT2D eigenvalue weighted by Gasteiger charge is 1.99. The van der Waals surface area contributed by atoms with Crippen molar-refractivity contribution in [2.24, 2.45) is 0 Å². The molecule has 0 amide bonds. The van der Waals surface area contributed by atoms with E-state index in [9.17, 15) is 19.2 Å². The van der Waals surface area contributed by atoms with Crippen molar-refractivity contribution < 1.29 is 39.6 Å². The molecule has 0 saturated heterocycles. The van der Waals surface area contributed by atoms with Crippen molar-refractivity contribution >= 4 is 23.9 Å². The van der Waals surface area contributed by atoms with Gasteiger partial charge in [0.1, 0.15) is 0 Å². The molecule has 0 rings (SSSR count). The molecule has 0 radical (unpaired) electrons. The van der Waals surface area contributed by atoms with Gasteiger partial charge in [-0.2, -0.15) is 0 Å². The number of carboxylic acids is 4. The van der Waals surface area contributed by atoms with Gasteiger partial charge < -0.3 is 20.4 Å². The monoisotopic (exact) mass is 1170 g/mol. The Balaban J connectivity index is -0.000000508. The molecule has 0 heterocycles. The highest BCUT2D eigenvalue weighted by Crippen LogP contribution is 2.13. The van der Waals surface area contributed by atoms with E-state index in [4.69, 9.17) is 20.4 Å². The standard InChI is InChI=1S/C20H36O2.C20H34O2.C18H32O2.C18H30O2/c2*1-2-3-4-5-6-7-8-9-10-11-12-13-14-15-16-17-18-19-20(21)22;2*1-2-3-4-5-6-7-8-9-10-11-12-13-14-15-16-17-18(19)20/h6-7,9-10H,2-5,8,11-19H2,1H3,(H,21,22);3-4,6-7,9-10H,2,5,8,11-19H2,1H3,(H,21,22);6-7,9-10H,2-5,8,11-17H2,1H3,(H,19,20);3-4,6-7,9-10H,2,5,8,11-17H2,1H3,(H,19,20)/b7-6-,10-9-;4-3-,7-6-,10-9-;7-6-,10-9-;4-3-,7-6-,10-9-. The predicted molar refractivity (Wildman–Crippen MR) is 366 cm³/mol. The molecule has 0 aromatic rings. The first kappa shape index (κ1) is 85.7. The Morgan fingerprint density at radius 1 is 0.202 bits per heavy atom. The molecule has 0 unspecified atom stereocenters. The largest absolute Gasteiger partial charge is 0.481 e. The number of carbonyl (C=O) groups is 4. The molecule has 0 spiro atoms. The number of rotatable bonds is 58. The van der Waals surface area contributed by atoms with Gasteiger partial charge in [-0.15, -0.1) is 0 Å². The second-order valence-electron chi connectivity index (χ2n) is 22.2. The molecule has 0 aromatic carbocycles. The van der Waals surface area contributed by atoms with Crippen molar-refractivity contribution in [2.75, 3.05) is 0 Å². The van der Waals surface area contributed by atoms with Gasteiger partial charge in [0.25, 0.3) is 0 Å². The molecule has 8 heteroatoms. The smallest absolute Gasteiger partial charge is 0.303 e. The van der Waals surface area contributed by atoms with Gasteiger partial charge in [-0.05, 0) is 154 Å². The number of allylic oxidation sites excluding steroid dienone is 20. The molecule has 0 atom stereocenters. The Morgan fingerprint density at radius 2 is 0.357 bits per heavy atom. The van der Waals surface area contributed by atoms with E-state index >= 15 is 0 Å². The van der Waals surface area contributed by atoms with Gasteiger partial charge in [0.2, 0.25) is 0 Å². The maximum Gasteiger partial charge on any atom is 0.303 e. The lowest BCUT2D eigenvalue weighted by molar-refractivity contribution is -0.138. The van der Waals surface area contributed by atoms with Crippen molar-refractivity contribution in [1.29, 1.82) is 0 Å². The van der Waals surface area contributed by atoms with Gasteiger partial charge in [0.05, 0.1) is 0 Å². The Hall–Kier alpha value is -4.72. The van der Waals surface area contributed by atoms with Crippen LogP contribution in [-0.4, -0.2) is 44.3 Å². The minimum Gasteiger partial charge on any atom is -0.481 e. The lowest BCUT2D eigenvalue weighted by atomic mass is 10.1. The third kappa shape index (κ3) is 99.3. The average Bonchev–Trinajstić information content (AvgIpc) is 3.47. The third-order valence-electron chi connectivity index (χ3n) is 13.8. The summed E-state index contributed by atoms with van der Waals surface area (Å²) in [5, 5.41) is 34.1. The van der Waals surface area contributed by atoms with Gasteiger partial charge in [-0.1, -0.05) is 278 Å². The minimum absolute atomic E-state index is 0.319. The fourth-order valence-corrected chi connectivity index (χ4v) is 8.67. The Kier molecular flexibility index (Phi) is 84.2. The van der Waals surface area contributed by atoms with Crippen LogP contribution in [0.1, 0.15) is 336 Å². The van der Waals surface area contributed by atoms with E-state index in [0.717, 1.165) is 122 Å². The van der Waals surface area contributed by atoms with Crippen molar-refractivity contribution in [1.82, 2.24) is 0 Å². The first-order chi connectivity index (χ1) is 41.1. The van der Waals surface area contributed by atoms with Crippen LogP contribution in [0.25, 0.3) is 0 Å². The molecule has 0 aliphatic carbocycles. The number of hydrogen-bond acceptors (Lipinski definition) is 4. The molecule has 8 nitrogen and oxygen atoms in total. The molecule has 0 bridgehead atoms. The summed E-state index contributed by atoms with van der Waals surface area (Å²) in [5.41, 5.74) is 0. The fourth-order valence-electron chi connectivity index (χ4n) is 8.67. The topological polar surface area (TPSA) is 149 Å². The van der Waals surface area contributed by atoms with Crippen LogP contribution in [0.5, 0.6) is 0 Å². The molecule has 0 saturated carbocycles. The number of aliphatic carboxylic acids is 4. The summed E-state index contributed by atoms with van der Waals surface area (Å²) in [6, 6.07) is 0. The zero-order valence-corrected chi connectivity index (χ0v) is 54.9. The second kappa shape index (κ2) is 82.5. The van der Waals surface area contributed by atoms with E-state index in [1.165, 1.54) is 161 Å². The van der Waals surface area contributed by atoms with Gasteiger partial charge >= 0.3 is 23.9 Å². The quantitative estimate of drug-likeness (QED) is 0.0347. The highest BCUT2D eigenvalue weighted by molar-refractivity contribution is 5.67. The maximum absolute atomic E-state index is 10.3. The predicted octanol–water partition coefficient (Wildman–Crippen LogP) is 24.7. The summed E-state index contributed by atoms with van der Waals surface area (Å²) in [6.45, 7) is 8.78. The van der Waals surface area contributed by atoms with E-state index < -0.39 is 23.9 Å². The van der Waals surface area contributed by atoms with Crippen molar-refractivity contribution in [3.8, 4) is 0 Å². The molecule has 84 heavy (non-hydrogen) atoms. The minimum atomic E-state index is -0.675. The molecular weight excluding hydrogens is 1040 g/mol. The molecule has 484 valence electrons. The Labute approximate surface area is 518 Å². The van der Waals surface area contributed by atoms with Crippen LogP contribution in [-0.2, 0) is 19.2 Å². The third-order valence-corrected chi connectivity index (χ3v) is 13.8. The lowest BCUT2D eigenvalue weighted by Gasteiger charge is -2.00. The zero-order valence-electron chi connectivity index (χ0n) is 54.9. The maximum atomic E-state index is 10.3. The summed E-state index contributed by atoms with van der Waals surface area (Å²) in [4.78, 5) is 41.3. The van der Waals surface area contributed by atoms with E-state index in [0.29, 0.717) is 25.7 Å². The number of hydrogen-bond donors (Lipinski definition) is 4. The Bertz CT molecular complexity index is 1670. The SMILES string of the molecule is CC/C=C\C/C=C\C/C=C\CCCCCCCC(=O)O.CC/C=C\C/C=C\C/C=C\CCCCCCCCCC(=O)O.CCCCC/C=C\C/C=C\CCCCCCCC(=O)O.CCCCC/C=C\C/C=C\CCCCCCCCCC(=O)O. The van der Waals surface area contributed by atoms with Gasteiger partial charge in [-0.25, -0.2) is 0 Å². The van der Waals surface area contributed by atoms with E-state index in [-0.39, 0.29) is 0 Å². The molecule has 0 aliphatic rings. The molecule has 0 aliphatic heterocycles. The van der Waals surface area contributed by atoms with Crippen LogP contribution in [0.2, 0.25) is 0 Å². The van der Waals surface area contributed by atoms with Crippen LogP contribution in [0.3, 0.4) is 0 Å². The summed E-state index contributed by atoms with van der Waals surface area (Å²) in [5.74, 6) is -2.68. The summed E-state index contributed by atoms with van der Waals surface area (Å²) in [6.07, 6.45) is 97.2. The molecule has 0 fully saturated rings. The van der Waals surface area contributed by atoms with Crippen molar-refractivity contribution in [3.05, 3.63) is 122 Å². The summed E-state index contributed by atoms with van der Waals surface area (Å²) >= 11 is 0. The molecule has 4 N–H and O–H groups in total. The van der Waals surface area contributed by atoms with Gasteiger partial charge in [0, 0.05) is 25.7 Å². The van der Waals surface area contributed by atoms with Crippen molar-refractivity contribution in [2.45, 2.75) is 336 Å². The van der Waals surface area contributed by atoms with Gasteiger partial charge in [-0.3, -0.25) is 19.2 Å². The van der Waals surface area contributed by atoms with E-state index in [1.807, 2.05) is 0 Å². The Morgan fingerprint density at radius 3 is 0.536 bits per heavy atom. The van der Waals surface area contributed by atoms with Crippen LogP contribution >= 0.6 is 0 Å². The fraction of sp³-hybridized carbons (Fsp3) is 0.684. The summed E-state index contributed by atoms with van der Waals surface area (Å²) < 4.78 is 0. The van der Waals surface area contributed by atoms with Crippen LogP contribution in [0.15, 0.2) is 122 Å². The normalized spacial score (nSPS) is 11.9. The summed E-state index contributed by atoms with van der Waals surface area (Å²) in [7, 11) is 0. The van der Waals surface area contributed by atoms with Crippen LogP contribution < -0.4 is 0 Å². The second-order valence-corrected chi connectivity index (χ2v) is 22.2. The number of unbranched alkanes of at least 4 members (excludes halogenated alkanes) is 30. The van der Waals surface area contributed by atoms with Gasteiger partial charge in [0.15, 0.2) is 0 Å². The van der Waals surface area contributed by atoms with E-state index in [2.05, 4.69) is 149 Å². The highest BCUT2D eigenvalue weighted by atomic mass is 16.4. The molecular formula is C76H132O8. The lowest BCUT2D eigenvalue weighted by Crippen LogP contribution is -1.93. The van der Waals surface area contributed by atoms with E-state index in [1.54, 1.807) is 0 Å². The zero-order chi connectivity index (χ0) is 62.4.